The fourth-order valence-corrected chi connectivity index (χ4v) is 3.24. The lowest BCUT2D eigenvalue weighted by molar-refractivity contribution is -0.144. The van der Waals surface area contributed by atoms with Crippen LogP contribution in [0.1, 0.15) is 28.8 Å². The van der Waals surface area contributed by atoms with E-state index in [2.05, 4.69) is 5.32 Å². The molecule has 0 aliphatic carbocycles. The maximum absolute atomic E-state index is 14.2. The maximum Gasteiger partial charge on any atom is 0.280 e. The van der Waals surface area contributed by atoms with Crippen molar-refractivity contribution in [3.8, 4) is 5.75 Å². The number of benzene rings is 2. The van der Waals surface area contributed by atoms with Gasteiger partial charge in [0.05, 0.1) is 17.9 Å². The average molecular weight is 388 g/mol. The fraction of sp³-hybridized carbons (Fsp3) is 0.300. The van der Waals surface area contributed by atoms with Crippen molar-refractivity contribution < 1.29 is 27.9 Å². The molecular weight excluding hydrogens is 370 g/mol. The molecule has 2 aromatic rings. The molecule has 1 atom stereocenters. The zero-order valence-electron chi connectivity index (χ0n) is 14.9. The van der Waals surface area contributed by atoms with Crippen LogP contribution in [0.2, 0.25) is 0 Å². The first kappa shape index (κ1) is 18.4. The SMILES string of the molecule is O=C(Nc1cc(C(=O)N2CCCCO2)c(F)cc1F)C1Cc2ccccc2O1. The summed E-state index contributed by atoms with van der Waals surface area (Å²) in [5.74, 6) is -2.68. The molecule has 2 aliphatic rings. The first-order valence-electron chi connectivity index (χ1n) is 9.02. The molecule has 6 nitrogen and oxygen atoms in total. The average Bonchev–Trinajstić information content (AvgIpc) is 3.14. The van der Waals surface area contributed by atoms with Gasteiger partial charge in [-0.25, -0.2) is 13.8 Å². The number of nitrogens with zero attached hydrogens (tertiary/aromatic N) is 1. The highest BCUT2D eigenvalue weighted by Crippen LogP contribution is 2.29. The van der Waals surface area contributed by atoms with Crippen molar-refractivity contribution in [3.63, 3.8) is 0 Å². The number of anilines is 1. The molecule has 2 aliphatic heterocycles. The lowest BCUT2D eigenvalue weighted by Crippen LogP contribution is -2.36. The summed E-state index contributed by atoms with van der Waals surface area (Å²) in [5, 5.41) is 3.45. The maximum atomic E-state index is 14.2. The number of rotatable bonds is 3. The Kier molecular flexibility index (Phi) is 4.95. The molecule has 0 bridgehead atoms. The van der Waals surface area contributed by atoms with Gasteiger partial charge in [0, 0.05) is 19.0 Å². The van der Waals surface area contributed by atoms with Crippen molar-refractivity contribution in [1.29, 1.82) is 0 Å². The second kappa shape index (κ2) is 7.55. The van der Waals surface area contributed by atoms with Crippen LogP contribution < -0.4 is 10.1 Å². The normalized spacial score (nSPS) is 18.4. The Bertz CT molecular complexity index is 903. The van der Waals surface area contributed by atoms with E-state index in [9.17, 15) is 18.4 Å². The molecule has 146 valence electrons. The van der Waals surface area contributed by atoms with Gasteiger partial charge in [0.25, 0.3) is 11.8 Å². The molecule has 4 rings (SSSR count). The van der Waals surface area contributed by atoms with E-state index in [0.29, 0.717) is 31.4 Å². The number of hydrogen-bond acceptors (Lipinski definition) is 4. The number of carbonyl (C=O) groups excluding carboxylic acids is 2. The summed E-state index contributed by atoms with van der Waals surface area (Å²) in [6.07, 6.45) is 1.06. The molecule has 0 spiro atoms. The lowest BCUT2D eigenvalue weighted by Gasteiger charge is -2.26. The van der Waals surface area contributed by atoms with Gasteiger partial charge in [-0.15, -0.1) is 0 Å². The molecule has 0 radical (unpaired) electrons. The van der Waals surface area contributed by atoms with E-state index >= 15 is 0 Å². The Balaban J connectivity index is 1.51. The number of amides is 2. The van der Waals surface area contributed by atoms with Crippen LogP contribution >= 0.6 is 0 Å². The summed E-state index contributed by atoms with van der Waals surface area (Å²) >= 11 is 0. The first-order valence-corrected chi connectivity index (χ1v) is 9.02. The van der Waals surface area contributed by atoms with Crippen molar-refractivity contribution in [2.24, 2.45) is 0 Å². The predicted molar refractivity (Wildman–Crippen MR) is 95.8 cm³/mol. The van der Waals surface area contributed by atoms with Crippen molar-refractivity contribution in [2.45, 2.75) is 25.4 Å². The number of hydroxylamine groups is 2. The quantitative estimate of drug-likeness (QED) is 0.878. The Labute approximate surface area is 160 Å². The van der Waals surface area contributed by atoms with E-state index in [1.807, 2.05) is 12.1 Å². The molecule has 8 heteroatoms. The number of hydrogen-bond donors (Lipinski definition) is 1. The summed E-state index contributed by atoms with van der Waals surface area (Å²) in [4.78, 5) is 30.2. The zero-order chi connectivity index (χ0) is 19.7. The van der Waals surface area contributed by atoms with Crippen LogP contribution in [0.4, 0.5) is 14.5 Å². The van der Waals surface area contributed by atoms with Crippen LogP contribution in [0.5, 0.6) is 5.75 Å². The van der Waals surface area contributed by atoms with Gasteiger partial charge in [-0.1, -0.05) is 18.2 Å². The molecule has 1 N–H and O–H groups in total. The highest BCUT2D eigenvalue weighted by Gasteiger charge is 2.30. The Morgan fingerprint density at radius 1 is 1.11 bits per heavy atom. The standard InChI is InChI=1S/C20H18F2N2O4/c21-14-11-15(22)16(10-13(14)20(26)24-7-3-4-8-27-24)23-19(25)18-9-12-5-1-2-6-17(12)28-18/h1-2,5-6,10-11,18H,3-4,7-9H2,(H,23,25). The molecule has 1 unspecified atom stereocenters. The summed E-state index contributed by atoms with van der Waals surface area (Å²) in [7, 11) is 0. The Morgan fingerprint density at radius 2 is 1.93 bits per heavy atom. The van der Waals surface area contributed by atoms with E-state index in [-0.39, 0.29) is 11.3 Å². The van der Waals surface area contributed by atoms with Crippen LogP contribution in [-0.2, 0) is 16.1 Å². The molecular formula is C20H18F2N2O4. The monoisotopic (exact) mass is 388 g/mol. The third-order valence-electron chi connectivity index (χ3n) is 4.71. The van der Waals surface area contributed by atoms with E-state index in [1.54, 1.807) is 12.1 Å². The topological polar surface area (TPSA) is 67.9 Å². The summed E-state index contributed by atoms with van der Waals surface area (Å²) < 4.78 is 33.9. The largest absolute Gasteiger partial charge is 0.480 e. The van der Waals surface area contributed by atoms with E-state index < -0.39 is 29.6 Å². The third kappa shape index (κ3) is 3.55. The zero-order valence-corrected chi connectivity index (χ0v) is 14.9. The Hall–Kier alpha value is -3.00. The van der Waals surface area contributed by atoms with Gasteiger partial charge in [0.15, 0.2) is 6.10 Å². The third-order valence-corrected chi connectivity index (χ3v) is 4.71. The number of ether oxygens (including phenoxy) is 1. The highest BCUT2D eigenvalue weighted by molar-refractivity contribution is 5.98. The highest BCUT2D eigenvalue weighted by atomic mass is 19.1. The second-order valence-corrected chi connectivity index (χ2v) is 6.67. The van der Waals surface area contributed by atoms with Gasteiger partial charge in [0.1, 0.15) is 17.4 Å². The number of para-hydroxylation sites is 1. The molecule has 2 heterocycles. The minimum Gasteiger partial charge on any atom is -0.480 e. The van der Waals surface area contributed by atoms with E-state index in [1.165, 1.54) is 0 Å². The minimum atomic E-state index is -1.01. The molecule has 1 fully saturated rings. The number of nitrogens with one attached hydrogen (secondary N) is 1. The smallest absolute Gasteiger partial charge is 0.280 e. The van der Waals surface area contributed by atoms with Crippen LogP contribution in [-0.4, -0.2) is 36.1 Å². The Morgan fingerprint density at radius 3 is 2.68 bits per heavy atom. The predicted octanol–water partition coefficient (Wildman–Crippen LogP) is 3.07. The number of fused-ring (bicyclic) bond motifs is 1. The van der Waals surface area contributed by atoms with Crippen molar-refractivity contribution in [1.82, 2.24) is 5.06 Å². The van der Waals surface area contributed by atoms with Gasteiger partial charge in [-0.05, 0) is 30.5 Å². The molecule has 2 aromatic carbocycles. The number of halogens is 2. The van der Waals surface area contributed by atoms with Crippen molar-refractivity contribution in [3.05, 3.63) is 59.2 Å². The second-order valence-electron chi connectivity index (χ2n) is 6.67. The fourth-order valence-electron chi connectivity index (χ4n) is 3.24. The van der Waals surface area contributed by atoms with E-state index in [0.717, 1.165) is 29.5 Å². The summed E-state index contributed by atoms with van der Waals surface area (Å²) in [6.45, 7) is 0.684. The first-order chi connectivity index (χ1) is 13.5. The molecule has 0 aromatic heterocycles. The van der Waals surface area contributed by atoms with E-state index in [4.69, 9.17) is 9.57 Å². The van der Waals surface area contributed by atoms with Gasteiger partial charge >= 0.3 is 0 Å². The molecule has 2 amide bonds. The van der Waals surface area contributed by atoms with Gasteiger partial charge < -0.3 is 10.1 Å². The van der Waals surface area contributed by atoms with Gasteiger partial charge in [-0.3, -0.25) is 14.4 Å². The minimum absolute atomic E-state index is 0.286. The van der Waals surface area contributed by atoms with Crippen molar-refractivity contribution in [2.75, 3.05) is 18.5 Å². The van der Waals surface area contributed by atoms with Crippen LogP contribution in [0.3, 0.4) is 0 Å². The van der Waals surface area contributed by atoms with Gasteiger partial charge in [0.2, 0.25) is 0 Å². The summed E-state index contributed by atoms with van der Waals surface area (Å²) in [6, 6.07) is 8.79. The van der Waals surface area contributed by atoms with Gasteiger partial charge in [-0.2, -0.15) is 0 Å². The lowest BCUT2D eigenvalue weighted by atomic mass is 10.1. The number of carbonyl (C=O) groups is 2. The van der Waals surface area contributed by atoms with Crippen molar-refractivity contribution >= 4 is 17.5 Å². The molecule has 1 saturated heterocycles. The molecule has 0 saturated carbocycles. The summed E-state index contributed by atoms with van der Waals surface area (Å²) in [5.41, 5.74) is 0.223. The molecule has 28 heavy (non-hydrogen) atoms. The van der Waals surface area contributed by atoms with Crippen LogP contribution in [0.15, 0.2) is 36.4 Å². The van der Waals surface area contributed by atoms with Crippen LogP contribution in [0.25, 0.3) is 0 Å². The van der Waals surface area contributed by atoms with Crippen LogP contribution in [0, 0.1) is 11.6 Å².